The van der Waals surface area contributed by atoms with Crippen LogP contribution >= 0.6 is 11.3 Å². The van der Waals surface area contributed by atoms with Crippen molar-refractivity contribution < 1.29 is 4.79 Å². The molecule has 3 N–H and O–H groups in total. The number of rotatable bonds is 8. The Morgan fingerprint density at radius 1 is 1.30 bits per heavy atom. The lowest BCUT2D eigenvalue weighted by atomic mass is 10.1. The number of carbonyl (C=O) groups is 1. The third-order valence-electron chi connectivity index (χ3n) is 3.85. The van der Waals surface area contributed by atoms with Crippen LogP contribution in [0.3, 0.4) is 0 Å². The molecule has 0 fully saturated rings. The summed E-state index contributed by atoms with van der Waals surface area (Å²) in [5.74, 6) is -0.144. The van der Waals surface area contributed by atoms with E-state index in [1.165, 1.54) is 16.9 Å². The molecule has 2 rings (SSSR count). The molecule has 0 bridgehead atoms. The maximum Gasteiger partial charge on any atom is 0.270 e. The van der Waals surface area contributed by atoms with Gasteiger partial charge < -0.3 is 11.1 Å². The summed E-state index contributed by atoms with van der Waals surface area (Å²) in [6.45, 7) is 7.05. The number of amides is 1. The number of hydrogen-bond donors (Lipinski definition) is 2. The molecule has 2 aromatic rings. The van der Waals surface area contributed by atoms with Crippen molar-refractivity contribution in [1.29, 1.82) is 0 Å². The molecule has 1 amide bonds. The van der Waals surface area contributed by atoms with Gasteiger partial charge in [0.2, 0.25) is 0 Å². The number of carbonyl (C=O) groups excluding carboxylic acids is 1. The van der Waals surface area contributed by atoms with Crippen molar-refractivity contribution in [2.75, 3.05) is 19.6 Å². The molecule has 124 valence electrons. The third kappa shape index (κ3) is 4.60. The number of aromatic nitrogens is 1. The van der Waals surface area contributed by atoms with Crippen molar-refractivity contribution >= 4 is 17.2 Å². The maximum absolute atomic E-state index is 12.3. The Labute approximate surface area is 141 Å². The molecule has 0 radical (unpaired) electrons. The fourth-order valence-corrected chi connectivity index (χ4v) is 3.24. The lowest BCUT2D eigenvalue weighted by Crippen LogP contribution is -2.38. The number of nitrogens with zero attached hydrogens (tertiary/aromatic N) is 2. The van der Waals surface area contributed by atoms with E-state index in [-0.39, 0.29) is 11.9 Å². The summed E-state index contributed by atoms with van der Waals surface area (Å²) in [5, 5.41) is 5.54. The number of nitrogens with two attached hydrogens (primary N) is 1. The largest absolute Gasteiger partial charge is 0.349 e. The summed E-state index contributed by atoms with van der Waals surface area (Å²) >= 11 is 1.42. The Balaban J connectivity index is 2.07. The van der Waals surface area contributed by atoms with E-state index in [2.05, 4.69) is 41.2 Å². The number of thiazole rings is 1. The quantitative estimate of drug-likeness (QED) is 0.779. The zero-order chi connectivity index (χ0) is 16.7. The Hall–Kier alpha value is -1.76. The number of benzene rings is 1. The normalized spacial score (nSPS) is 12.3. The number of likely N-dealkylation sites (N-methyl/N-ethyl adjacent to an activating group) is 1. The summed E-state index contributed by atoms with van der Waals surface area (Å²) in [6, 6.07) is 10.4. The highest BCUT2D eigenvalue weighted by Crippen LogP contribution is 2.19. The first-order valence-corrected chi connectivity index (χ1v) is 8.79. The molecule has 0 aliphatic carbocycles. The van der Waals surface area contributed by atoms with E-state index in [0.717, 1.165) is 18.1 Å². The maximum atomic E-state index is 12.3. The van der Waals surface area contributed by atoms with Gasteiger partial charge in [-0.15, -0.1) is 11.3 Å². The first-order chi connectivity index (χ1) is 11.2. The highest BCUT2D eigenvalue weighted by Gasteiger charge is 2.19. The van der Waals surface area contributed by atoms with Crippen molar-refractivity contribution in [2.24, 2.45) is 5.73 Å². The smallest absolute Gasteiger partial charge is 0.270 e. The minimum Gasteiger partial charge on any atom is -0.349 e. The standard InChI is InChI=1S/C17H24N4OS/c1-3-21(4-2)15(13-8-6-5-7-9-13)11-19-17(22)14-12-23-16(10-18)20-14/h5-9,12,15H,3-4,10-11,18H2,1-2H3,(H,19,22). The highest BCUT2D eigenvalue weighted by molar-refractivity contribution is 7.09. The van der Waals surface area contributed by atoms with Crippen LogP contribution in [-0.4, -0.2) is 35.4 Å². The predicted molar refractivity (Wildman–Crippen MR) is 94.4 cm³/mol. The summed E-state index contributed by atoms with van der Waals surface area (Å²) < 4.78 is 0. The van der Waals surface area contributed by atoms with Gasteiger partial charge in [0, 0.05) is 18.5 Å². The molecule has 0 saturated heterocycles. The highest BCUT2D eigenvalue weighted by atomic mass is 32.1. The SMILES string of the molecule is CCN(CC)C(CNC(=O)c1csc(CN)n1)c1ccccc1. The van der Waals surface area contributed by atoms with Crippen LogP contribution in [0.15, 0.2) is 35.7 Å². The molecule has 1 atom stereocenters. The van der Waals surface area contributed by atoms with Crippen molar-refractivity contribution in [3.63, 3.8) is 0 Å². The average Bonchev–Trinajstić information content (AvgIpc) is 3.08. The fourth-order valence-electron chi connectivity index (χ4n) is 2.59. The van der Waals surface area contributed by atoms with Crippen LogP contribution < -0.4 is 11.1 Å². The van der Waals surface area contributed by atoms with E-state index in [4.69, 9.17) is 5.73 Å². The molecule has 23 heavy (non-hydrogen) atoms. The molecular weight excluding hydrogens is 308 g/mol. The van der Waals surface area contributed by atoms with E-state index in [1.807, 2.05) is 18.2 Å². The van der Waals surface area contributed by atoms with Gasteiger partial charge in [-0.3, -0.25) is 9.69 Å². The lowest BCUT2D eigenvalue weighted by Gasteiger charge is -2.30. The molecule has 0 saturated carbocycles. The molecule has 1 aromatic carbocycles. The van der Waals surface area contributed by atoms with Crippen molar-refractivity contribution in [2.45, 2.75) is 26.4 Å². The molecule has 5 nitrogen and oxygen atoms in total. The van der Waals surface area contributed by atoms with Crippen LogP contribution in [0.1, 0.15) is 40.9 Å². The Morgan fingerprint density at radius 3 is 2.57 bits per heavy atom. The van der Waals surface area contributed by atoms with Gasteiger partial charge in [0.25, 0.3) is 5.91 Å². The van der Waals surface area contributed by atoms with Crippen molar-refractivity contribution in [3.8, 4) is 0 Å². The Kier molecular flexibility index (Phi) is 6.70. The van der Waals surface area contributed by atoms with E-state index >= 15 is 0 Å². The second-order valence-corrected chi connectivity index (χ2v) is 6.13. The lowest BCUT2D eigenvalue weighted by molar-refractivity contribution is 0.0930. The monoisotopic (exact) mass is 332 g/mol. The van der Waals surface area contributed by atoms with E-state index in [9.17, 15) is 4.79 Å². The molecular formula is C17H24N4OS. The number of nitrogens with one attached hydrogen (secondary N) is 1. The minimum atomic E-state index is -0.144. The molecule has 0 spiro atoms. The summed E-state index contributed by atoms with van der Waals surface area (Å²) in [4.78, 5) is 18.9. The van der Waals surface area contributed by atoms with Crippen molar-refractivity contribution in [3.05, 3.63) is 52.0 Å². The van der Waals surface area contributed by atoms with Crippen LogP contribution in [0, 0.1) is 0 Å². The zero-order valence-corrected chi connectivity index (χ0v) is 14.5. The Morgan fingerprint density at radius 2 is 2.00 bits per heavy atom. The van der Waals surface area contributed by atoms with Gasteiger partial charge in [0.15, 0.2) is 0 Å². The fraction of sp³-hybridized carbons (Fsp3) is 0.412. The topological polar surface area (TPSA) is 71.2 Å². The van der Waals surface area contributed by atoms with Gasteiger partial charge in [-0.1, -0.05) is 44.2 Å². The molecule has 0 aliphatic rings. The molecule has 1 unspecified atom stereocenters. The Bertz CT molecular complexity index is 610. The van der Waals surface area contributed by atoms with Gasteiger partial charge in [-0.25, -0.2) is 4.98 Å². The summed E-state index contributed by atoms with van der Waals surface area (Å²) in [5.41, 5.74) is 7.20. The predicted octanol–water partition coefficient (Wildman–Crippen LogP) is 2.41. The zero-order valence-electron chi connectivity index (χ0n) is 13.7. The van der Waals surface area contributed by atoms with Gasteiger partial charge in [-0.05, 0) is 18.7 Å². The van der Waals surface area contributed by atoms with Gasteiger partial charge in [-0.2, -0.15) is 0 Å². The van der Waals surface area contributed by atoms with Gasteiger partial charge in [0.1, 0.15) is 10.7 Å². The van der Waals surface area contributed by atoms with E-state index < -0.39 is 0 Å². The second kappa shape index (κ2) is 8.76. The first-order valence-electron chi connectivity index (χ1n) is 7.91. The van der Waals surface area contributed by atoms with Crippen molar-refractivity contribution in [1.82, 2.24) is 15.2 Å². The minimum absolute atomic E-state index is 0.144. The van der Waals surface area contributed by atoms with Gasteiger partial charge in [0.05, 0.1) is 6.04 Å². The van der Waals surface area contributed by atoms with Crippen LogP contribution in [0.25, 0.3) is 0 Å². The second-order valence-electron chi connectivity index (χ2n) is 5.19. The summed E-state index contributed by atoms with van der Waals surface area (Å²) in [7, 11) is 0. The van der Waals surface area contributed by atoms with Crippen LogP contribution in [-0.2, 0) is 6.54 Å². The average molecular weight is 332 g/mol. The van der Waals surface area contributed by atoms with Crippen LogP contribution in [0.2, 0.25) is 0 Å². The molecule has 1 aromatic heterocycles. The van der Waals surface area contributed by atoms with E-state index in [1.54, 1.807) is 5.38 Å². The number of hydrogen-bond acceptors (Lipinski definition) is 5. The first kappa shape index (κ1) is 17.6. The third-order valence-corrected chi connectivity index (χ3v) is 4.72. The molecule has 6 heteroatoms. The van der Waals surface area contributed by atoms with Crippen LogP contribution in [0.5, 0.6) is 0 Å². The molecule has 1 heterocycles. The molecule has 0 aliphatic heterocycles. The van der Waals surface area contributed by atoms with Crippen LogP contribution in [0.4, 0.5) is 0 Å². The van der Waals surface area contributed by atoms with Gasteiger partial charge >= 0.3 is 0 Å². The van der Waals surface area contributed by atoms with E-state index in [0.29, 0.717) is 18.8 Å². The summed E-state index contributed by atoms with van der Waals surface area (Å²) in [6.07, 6.45) is 0.